The van der Waals surface area contributed by atoms with Crippen molar-refractivity contribution in [2.45, 2.75) is 12.3 Å². The monoisotopic (exact) mass is 453 g/mol. The maximum Gasteiger partial charge on any atom is 0.255 e. The van der Waals surface area contributed by atoms with E-state index in [0.29, 0.717) is 16.2 Å². The van der Waals surface area contributed by atoms with Gasteiger partial charge in [0.2, 0.25) is 0 Å². The van der Waals surface area contributed by atoms with Gasteiger partial charge in [-0.3, -0.25) is 9.78 Å². The summed E-state index contributed by atoms with van der Waals surface area (Å²) in [6.45, 7) is 0. The Morgan fingerprint density at radius 2 is 1.39 bits per heavy atom. The summed E-state index contributed by atoms with van der Waals surface area (Å²) in [6.07, 6.45) is 2.94. The van der Waals surface area contributed by atoms with E-state index in [1.54, 1.807) is 42.6 Å². The van der Waals surface area contributed by atoms with Crippen LogP contribution in [0.2, 0.25) is 0 Å². The van der Waals surface area contributed by atoms with Gasteiger partial charge in [-0.05, 0) is 42.5 Å². The second kappa shape index (κ2) is 11.4. The molecule has 0 N–H and O–H groups in total. The Morgan fingerprint density at radius 3 is 2.09 bits per heavy atom. The molecule has 0 aliphatic heterocycles. The molecule has 0 unspecified atom stereocenters. The van der Waals surface area contributed by atoms with Crippen LogP contribution in [0.25, 0.3) is 0 Å². The molecule has 6 heteroatoms. The molecule has 0 bridgehead atoms. The highest BCUT2D eigenvalue weighted by Gasteiger charge is 2.03. The molecular weight excluding hydrogens is 432 g/mol. The molecule has 33 heavy (non-hydrogen) atoms. The van der Waals surface area contributed by atoms with Crippen LogP contribution in [0.1, 0.15) is 28.9 Å². The Morgan fingerprint density at radius 1 is 0.788 bits per heavy atom. The van der Waals surface area contributed by atoms with Crippen LogP contribution in [0.4, 0.5) is 0 Å². The molecule has 4 rings (SSSR count). The van der Waals surface area contributed by atoms with Gasteiger partial charge in [0.15, 0.2) is 0 Å². The van der Waals surface area contributed by atoms with Crippen molar-refractivity contribution in [3.05, 3.63) is 120 Å². The summed E-state index contributed by atoms with van der Waals surface area (Å²) in [5, 5.41) is 0. The summed E-state index contributed by atoms with van der Waals surface area (Å²) in [7, 11) is -1.77. The Labute approximate surface area is 195 Å². The van der Waals surface area contributed by atoms with E-state index in [2.05, 4.69) is 21.2 Å². The van der Waals surface area contributed by atoms with Crippen molar-refractivity contribution in [2.24, 2.45) is 4.36 Å². The first-order valence-corrected chi connectivity index (χ1v) is 10.8. The standard InChI is InChI=1S/C26H17N2O3S.CH4/c29-26(28-32(30)25-9-5-2-6-10-25)22-17-21(18-27-19-22)12-11-20-13-15-24(16-14-20)31-23-7-3-1-4-8-23;/h1-10,13-19H;1H4/q-1;. The van der Waals surface area contributed by atoms with Crippen molar-refractivity contribution in [1.82, 2.24) is 4.98 Å². The van der Waals surface area contributed by atoms with Crippen molar-refractivity contribution in [1.29, 1.82) is 0 Å². The van der Waals surface area contributed by atoms with E-state index in [0.717, 1.165) is 11.3 Å². The molecular formula is C27H21N2O3S-. The highest BCUT2D eigenvalue weighted by atomic mass is 32.2. The van der Waals surface area contributed by atoms with Gasteiger partial charge in [0, 0.05) is 23.5 Å². The number of ether oxygens (including phenoxy) is 1. The molecule has 1 aromatic heterocycles. The first kappa shape index (κ1) is 23.5. The van der Waals surface area contributed by atoms with E-state index in [1.807, 2.05) is 54.6 Å². The van der Waals surface area contributed by atoms with Crippen LogP contribution in [0, 0.1) is 11.8 Å². The second-order valence-corrected chi connectivity index (χ2v) is 7.76. The maximum absolute atomic E-state index is 12.4. The number of para-hydroxylation sites is 1. The minimum absolute atomic E-state index is 0. The quantitative estimate of drug-likeness (QED) is 0.270. The van der Waals surface area contributed by atoms with Gasteiger partial charge in [-0.1, -0.05) is 72.7 Å². The molecule has 0 saturated heterocycles. The van der Waals surface area contributed by atoms with Crippen molar-refractivity contribution in [3.63, 3.8) is 0 Å². The summed E-state index contributed by atoms with van der Waals surface area (Å²) >= 11 is 0. The lowest BCUT2D eigenvalue weighted by Gasteiger charge is -2.05. The van der Waals surface area contributed by atoms with Gasteiger partial charge >= 0.3 is 0 Å². The molecule has 1 amide bonds. The number of carbonyl (C=O) groups is 1. The molecule has 0 saturated carbocycles. The normalized spacial score (nSPS) is 10.9. The number of amides is 1. The van der Waals surface area contributed by atoms with Gasteiger partial charge in [0.1, 0.15) is 11.5 Å². The van der Waals surface area contributed by atoms with E-state index in [1.165, 1.54) is 6.20 Å². The number of aromatic nitrogens is 1. The van der Waals surface area contributed by atoms with Crippen molar-refractivity contribution in [3.8, 4) is 23.3 Å². The van der Waals surface area contributed by atoms with Crippen molar-refractivity contribution >= 4 is 16.5 Å². The molecule has 4 aromatic rings. The summed E-state index contributed by atoms with van der Waals surface area (Å²) < 4.78 is 21.8. The number of hydrogen-bond acceptors (Lipinski definition) is 5. The number of carbonyl (C=O) groups excluding carboxylic acids is 1. The molecule has 5 nitrogen and oxygen atoms in total. The lowest BCUT2D eigenvalue weighted by molar-refractivity contribution is 0.100. The Kier molecular flexibility index (Phi) is 8.12. The minimum Gasteiger partial charge on any atom is -0.457 e. The summed E-state index contributed by atoms with van der Waals surface area (Å²) in [5.74, 6) is 6.89. The minimum atomic E-state index is -1.77. The number of hydrogen-bond donors (Lipinski definition) is 0. The summed E-state index contributed by atoms with van der Waals surface area (Å²) in [5.41, 5.74) is 1.57. The zero-order valence-corrected chi connectivity index (χ0v) is 17.7. The lowest BCUT2D eigenvalue weighted by Crippen LogP contribution is -1.97. The fourth-order valence-corrected chi connectivity index (χ4v) is 3.47. The van der Waals surface area contributed by atoms with Gasteiger partial charge in [-0.25, -0.2) is 0 Å². The fraction of sp³-hybridized carbons (Fsp3) is 0.0370. The van der Waals surface area contributed by atoms with Crippen LogP contribution in [-0.4, -0.2) is 10.9 Å². The number of nitrogens with zero attached hydrogens (tertiary/aromatic N) is 2. The molecule has 0 atom stereocenters. The molecule has 1 heterocycles. The third-order valence-electron chi connectivity index (χ3n) is 4.28. The Bertz CT molecular complexity index is 1370. The predicted octanol–water partition coefficient (Wildman–Crippen LogP) is 6.26. The van der Waals surface area contributed by atoms with Crippen LogP contribution >= 0.6 is 0 Å². The molecule has 164 valence electrons. The third-order valence-corrected chi connectivity index (χ3v) is 5.29. The van der Waals surface area contributed by atoms with E-state index in [4.69, 9.17) is 4.74 Å². The van der Waals surface area contributed by atoms with E-state index in [9.17, 15) is 9.00 Å². The van der Waals surface area contributed by atoms with E-state index >= 15 is 0 Å². The van der Waals surface area contributed by atoms with Gasteiger partial charge in [-0.15, -0.1) is 0 Å². The Hall–Kier alpha value is -4.21. The Balaban J connectivity index is 0.00000306. The first-order valence-electron chi connectivity index (χ1n) is 9.70. The average Bonchev–Trinajstić information content (AvgIpc) is 2.85. The fourth-order valence-electron chi connectivity index (χ4n) is 2.72. The molecule has 0 spiro atoms. The summed E-state index contributed by atoms with van der Waals surface area (Å²) in [6, 6.07) is 27.1. The largest absolute Gasteiger partial charge is 0.457 e. The van der Waals surface area contributed by atoms with Crippen LogP contribution in [0.5, 0.6) is 11.5 Å². The van der Waals surface area contributed by atoms with Crippen LogP contribution in [-0.2, 0) is 14.8 Å². The SMILES string of the molecule is C.O=C(N=[S-](=O)c1ccccc1)c1cncc(C#Cc2ccc(Oc3ccccc3)cc2)c1. The predicted molar refractivity (Wildman–Crippen MR) is 129 cm³/mol. The number of rotatable bonds is 4. The highest BCUT2D eigenvalue weighted by molar-refractivity contribution is 7.75. The van der Waals surface area contributed by atoms with Gasteiger partial charge in [-0.2, -0.15) is 10.6 Å². The zero-order valence-electron chi connectivity index (χ0n) is 16.8. The number of benzene rings is 3. The molecule has 0 radical (unpaired) electrons. The molecule has 0 fully saturated rings. The third kappa shape index (κ3) is 6.63. The van der Waals surface area contributed by atoms with Crippen LogP contribution < -0.4 is 4.74 Å². The lowest BCUT2D eigenvalue weighted by atomic mass is 10.1. The average molecular weight is 454 g/mol. The van der Waals surface area contributed by atoms with Crippen molar-refractivity contribution < 1.29 is 13.7 Å². The summed E-state index contributed by atoms with van der Waals surface area (Å²) in [4.78, 5) is 16.9. The zero-order chi connectivity index (χ0) is 22.2. The molecule has 3 aromatic carbocycles. The van der Waals surface area contributed by atoms with Crippen LogP contribution in [0.15, 0.2) is 113 Å². The topological polar surface area (TPSA) is 68.6 Å². The van der Waals surface area contributed by atoms with Gasteiger partial charge in [0.25, 0.3) is 5.91 Å². The first-order chi connectivity index (χ1) is 15.7. The van der Waals surface area contributed by atoms with Crippen LogP contribution in [0.3, 0.4) is 0 Å². The maximum atomic E-state index is 12.4. The van der Waals surface area contributed by atoms with E-state index < -0.39 is 16.5 Å². The second-order valence-electron chi connectivity index (χ2n) is 6.61. The van der Waals surface area contributed by atoms with Crippen molar-refractivity contribution in [2.75, 3.05) is 0 Å². The molecule has 0 aliphatic rings. The molecule has 0 aliphatic carbocycles. The van der Waals surface area contributed by atoms with Gasteiger partial charge in [0.05, 0.1) is 5.56 Å². The van der Waals surface area contributed by atoms with E-state index in [-0.39, 0.29) is 13.0 Å². The smallest absolute Gasteiger partial charge is 0.255 e. The van der Waals surface area contributed by atoms with Gasteiger partial charge < -0.3 is 13.3 Å². The highest BCUT2D eigenvalue weighted by Crippen LogP contribution is 2.20. The number of pyridine rings is 1.